The van der Waals surface area contributed by atoms with Gasteiger partial charge in [0.1, 0.15) is 5.82 Å². The van der Waals surface area contributed by atoms with Crippen LogP contribution in [0.4, 0.5) is 5.82 Å². The van der Waals surface area contributed by atoms with Crippen LogP contribution in [-0.4, -0.2) is 44.5 Å². The Morgan fingerprint density at radius 2 is 2.33 bits per heavy atom. The molecule has 1 aliphatic carbocycles. The van der Waals surface area contributed by atoms with E-state index >= 15 is 0 Å². The number of nitrogens with zero attached hydrogens (tertiary/aromatic N) is 4. The van der Waals surface area contributed by atoms with Gasteiger partial charge in [-0.25, -0.2) is 9.50 Å². The first-order valence-corrected chi connectivity index (χ1v) is 8.67. The zero-order valence-corrected chi connectivity index (χ0v) is 13.8. The number of hydrogen-bond donors (Lipinski definition) is 1. The summed E-state index contributed by atoms with van der Waals surface area (Å²) in [6, 6.07) is 4.14. The Hall–Kier alpha value is -2.37. The molecular weight excluding hydrogens is 302 g/mol. The summed E-state index contributed by atoms with van der Waals surface area (Å²) in [7, 11) is 0. The predicted octanol–water partition coefficient (Wildman–Crippen LogP) is 2.49. The smallest absolute Gasteiger partial charge is 0.229 e. The van der Waals surface area contributed by atoms with Crippen molar-refractivity contribution in [3.63, 3.8) is 0 Å². The van der Waals surface area contributed by atoms with Crippen molar-refractivity contribution in [1.29, 1.82) is 0 Å². The van der Waals surface area contributed by atoms with Gasteiger partial charge in [0.25, 0.3) is 0 Å². The lowest BCUT2D eigenvalue weighted by atomic mass is 9.65. The molecule has 126 valence electrons. The van der Waals surface area contributed by atoms with E-state index < -0.39 is 0 Å². The van der Waals surface area contributed by atoms with E-state index in [2.05, 4.69) is 22.0 Å². The molecule has 6 nitrogen and oxygen atoms in total. The molecule has 0 radical (unpaired) electrons. The molecule has 3 heterocycles. The van der Waals surface area contributed by atoms with Crippen LogP contribution >= 0.6 is 0 Å². The van der Waals surface area contributed by atoms with Crippen molar-refractivity contribution in [3.05, 3.63) is 37.2 Å². The lowest BCUT2D eigenvalue weighted by Gasteiger charge is -2.42. The highest BCUT2D eigenvalue weighted by Crippen LogP contribution is 2.46. The van der Waals surface area contributed by atoms with Crippen LogP contribution in [0.1, 0.15) is 32.1 Å². The fourth-order valence-corrected chi connectivity index (χ4v) is 3.88. The van der Waals surface area contributed by atoms with Gasteiger partial charge in [-0.15, -0.1) is 11.7 Å². The minimum atomic E-state index is -0.162. The third-order valence-electron chi connectivity index (χ3n) is 5.38. The van der Waals surface area contributed by atoms with Crippen LogP contribution in [0, 0.1) is 5.41 Å². The van der Waals surface area contributed by atoms with Gasteiger partial charge in [-0.05, 0) is 37.8 Å². The van der Waals surface area contributed by atoms with Crippen LogP contribution in [0.3, 0.4) is 0 Å². The van der Waals surface area contributed by atoms with Crippen LogP contribution in [0.15, 0.2) is 37.2 Å². The lowest BCUT2D eigenvalue weighted by molar-refractivity contribution is -0.146. The average Bonchev–Trinajstić information content (AvgIpc) is 3.19. The summed E-state index contributed by atoms with van der Waals surface area (Å²) in [6.07, 6.45) is 10.4. The van der Waals surface area contributed by atoms with Crippen molar-refractivity contribution >= 4 is 17.4 Å². The van der Waals surface area contributed by atoms with Gasteiger partial charge in [-0.3, -0.25) is 4.79 Å². The van der Waals surface area contributed by atoms with Crippen molar-refractivity contribution < 1.29 is 4.79 Å². The Kier molecular flexibility index (Phi) is 3.75. The van der Waals surface area contributed by atoms with Crippen LogP contribution in [-0.2, 0) is 4.79 Å². The van der Waals surface area contributed by atoms with E-state index in [9.17, 15) is 4.79 Å². The zero-order valence-electron chi connectivity index (χ0n) is 13.8. The topological polar surface area (TPSA) is 62.5 Å². The number of likely N-dealkylation sites (tertiary alicyclic amines) is 1. The number of amides is 1. The van der Waals surface area contributed by atoms with Crippen LogP contribution < -0.4 is 5.32 Å². The summed E-state index contributed by atoms with van der Waals surface area (Å²) in [6.45, 7) is 5.40. The molecule has 0 spiro atoms. The van der Waals surface area contributed by atoms with Gasteiger partial charge in [0.2, 0.25) is 5.91 Å². The first-order chi connectivity index (χ1) is 11.7. The molecule has 2 aliphatic rings. The second kappa shape index (κ2) is 5.92. The van der Waals surface area contributed by atoms with Gasteiger partial charge < -0.3 is 10.2 Å². The number of nitrogens with one attached hydrogen (secondary N) is 1. The molecule has 6 heteroatoms. The van der Waals surface area contributed by atoms with E-state index in [1.807, 2.05) is 29.3 Å². The van der Waals surface area contributed by atoms with Crippen LogP contribution in [0.5, 0.6) is 0 Å². The summed E-state index contributed by atoms with van der Waals surface area (Å²) < 4.78 is 1.76. The minimum Gasteiger partial charge on any atom is -0.364 e. The zero-order chi connectivity index (χ0) is 16.6. The van der Waals surface area contributed by atoms with Crippen molar-refractivity contribution in [3.8, 4) is 0 Å². The minimum absolute atomic E-state index is 0.162. The molecule has 0 aromatic carbocycles. The summed E-state index contributed by atoms with van der Waals surface area (Å²) in [5.41, 5.74) is 0.671. The van der Waals surface area contributed by atoms with E-state index in [-0.39, 0.29) is 11.5 Å². The molecule has 1 unspecified atom stereocenters. The number of allylic oxidation sites excluding steroid dienone is 1. The quantitative estimate of drug-likeness (QED) is 0.858. The Bertz CT molecular complexity index is 764. The molecule has 24 heavy (non-hydrogen) atoms. The van der Waals surface area contributed by atoms with Crippen molar-refractivity contribution in [2.45, 2.75) is 38.1 Å². The molecule has 1 N–H and O–H groups in total. The normalized spacial score (nSPS) is 22.3. The standard InChI is InChI=1S/C18H23N5O/c1-2-7-18(8-3-9-18)17(24)22-11-6-14(13-22)20-15-4-5-16-19-10-12-23(16)21-15/h2,4-5,10,12,14H,1,3,6-9,11,13H2,(H,20,21). The molecule has 1 atom stereocenters. The van der Waals surface area contributed by atoms with Gasteiger partial charge >= 0.3 is 0 Å². The maximum absolute atomic E-state index is 12.9. The number of imidazole rings is 1. The van der Waals surface area contributed by atoms with Gasteiger partial charge in [0, 0.05) is 31.5 Å². The number of fused-ring (bicyclic) bond motifs is 1. The van der Waals surface area contributed by atoms with Crippen molar-refractivity contribution in [2.75, 3.05) is 18.4 Å². The third-order valence-corrected chi connectivity index (χ3v) is 5.38. The monoisotopic (exact) mass is 325 g/mol. The third kappa shape index (κ3) is 2.56. The Balaban J connectivity index is 1.40. The van der Waals surface area contributed by atoms with Crippen molar-refractivity contribution in [2.24, 2.45) is 5.41 Å². The highest BCUT2D eigenvalue weighted by molar-refractivity contribution is 5.84. The highest BCUT2D eigenvalue weighted by Gasteiger charge is 2.46. The second-order valence-corrected chi connectivity index (χ2v) is 6.96. The number of carbonyl (C=O) groups is 1. The average molecular weight is 325 g/mol. The number of anilines is 1. The Labute approximate surface area is 141 Å². The Morgan fingerprint density at radius 3 is 3.08 bits per heavy atom. The summed E-state index contributed by atoms with van der Waals surface area (Å²) in [5.74, 6) is 1.14. The number of aromatic nitrogens is 3. The first-order valence-electron chi connectivity index (χ1n) is 8.67. The van der Waals surface area contributed by atoms with E-state index in [1.165, 1.54) is 0 Å². The summed E-state index contributed by atoms with van der Waals surface area (Å²) in [5, 5.41) is 7.95. The maximum atomic E-state index is 12.9. The molecular formula is C18H23N5O. The molecule has 1 amide bonds. The molecule has 2 aromatic rings. The molecule has 2 aromatic heterocycles. The van der Waals surface area contributed by atoms with E-state index in [0.29, 0.717) is 5.91 Å². The van der Waals surface area contributed by atoms with Gasteiger partial charge in [0.15, 0.2) is 5.65 Å². The predicted molar refractivity (Wildman–Crippen MR) is 92.7 cm³/mol. The molecule has 0 bridgehead atoms. The van der Waals surface area contributed by atoms with Gasteiger partial charge in [0.05, 0.1) is 5.41 Å². The molecule has 1 saturated carbocycles. The number of hydrogen-bond acceptors (Lipinski definition) is 4. The Morgan fingerprint density at radius 1 is 1.46 bits per heavy atom. The summed E-state index contributed by atoms with van der Waals surface area (Å²) >= 11 is 0. The van der Waals surface area contributed by atoms with Crippen LogP contribution in [0.2, 0.25) is 0 Å². The van der Waals surface area contributed by atoms with E-state index in [4.69, 9.17) is 0 Å². The second-order valence-electron chi connectivity index (χ2n) is 6.96. The van der Waals surface area contributed by atoms with E-state index in [1.54, 1.807) is 10.7 Å². The lowest BCUT2D eigenvalue weighted by Crippen LogP contribution is -2.47. The van der Waals surface area contributed by atoms with Crippen LogP contribution in [0.25, 0.3) is 5.65 Å². The fraction of sp³-hybridized carbons (Fsp3) is 0.500. The SMILES string of the molecule is C=CCC1(C(=O)N2CCC(Nc3ccc4nccn4n3)C2)CCC1. The molecule has 1 saturated heterocycles. The van der Waals surface area contributed by atoms with Gasteiger partial charge in [-0.2, -0.15) is 0 Å². The maximum Gasteiger partial charge on any atom is 0.229 e. The number of rotatable bonds is 5. The van der Waals surface area contributed by atoms with Gasteiger partial charge in [-0.1, -0.05) is 12.5 Å². The largest absolute Gasteiger partial charge is 0.364 e. The van der Waals surface area contributed by atoms with Crippen molar-refractivity contribution in [1.82, 2.24) is 19.5 Å². The van der Waals surface area contributed by atoms with E-state index in [0.717, 1.165) is 56.7 Å². The molecule has 2 fully saturated rings. The fourth-order valence-electron chi connectivity index (χ4n) is 3.88. The highest BCUT2D eigenvalue weighted by atomic mass is 16.2. The molecule has 4 rings (SSSR count). The first kappa shape index (κ1) is 15.2. The number of carbonyl (C=O) groups excluding carboxylic acids is 1. The molecule has 1 aliphatic heterocycles. The summed E-state index contributed by atoms with van der Waals surface area (Å²) in [4.78, 5) is 19.1.